The predicted octanol–water partition coefficient (Wildman–Crippen LogP) is 0.534. The Bertz CT molecular complexity index is 506. The van der Waals surface area contributed by atoms with Crippen molar-refractivity contribution in [2.24, 2.45) is 0 Å². The van der Waals surface area contributed by atoms with Crippen molar-refractivity contribution in [3.05, 3.63) is 17.9 Å². The lowest BCUT2D eigenvalue weighted by atomic mass is 10.3. The summed E-state index contributed by atoms with van der Waals surface area (Å²) in [5, 5.41) is 8.71. The average Bonchev–Trinajstić information content (AvgIpc) is 3.06. The molecule has 1 fully saturated rings. The van der Waals surface area contributed by atoms with Crippen molar-refractivity contribution in [3.63, 3.8) is 0 Å². The van der Waals surface area contributed by atoms with Crippen LogP contribution in [0.4, 0.5) is 0 Å². The van der Waals surface area contributed by atoms with Crippen molar-refractivity contribution in [1.29, 1.82) is 0 Å². The van der Waals surface area contributed by atoms with Crippen molar-refractivity contribution in [2.45, 2.75) is 37.5 Å². The molecule has 1 aromatic rings. The number of sulfonamides is 1. The van der Waals surface area contributed by atoms with Gasteiger partial charge in [0.25, 0.3) is 10.0 Å². The van der Waals surface area contributed by atoms with E-state index < -0.39 is 10.0 Å². The van der Waals surface area contributed by atoms with E-state index in [1.54, 1.807) is 0 Å². The molecule has 0 aliphatic carbocycles. The number of furan rings is 1. The van der Waals surface area contributed by atoms with Crippen LogP contribution >= 0.6 is 0 Å². The van der Waals surface area contributed by atoms with Crippen LogP contribution in [0.1, 0.15) is 25.5 Å². The molecule has 0 aromatic carbocycles. The lowest BCUT2D eigenvalue weighted by Gasteiger charge is -2.23. The second-order valence-corrected chi connectivity index (χ2v) is 6.52. The first kappa shape index (κ1) is 14.5. The summed E-state index contributed by atoms with van der Waals surface area (Å²) in [4.78, 5) is 2.27. The van der Waals surface area contributed by atoms with Crippen LogP contribution in [0.3, 0.4) is 0 Å². The largest absolute Gasteiger partial charge is 0.446 e. The minimum absolute atomic E-state index is 0.148. The maximum absolute atomic E-state index is 12.0. The number of nitrogens with zero attached hydrogens (tertiary/aromatic N) is 1. The highest BCUT2D eigenvalue weighted by atomic mass is 32.2. The summed E-state index contributed by atoms with van der Waals surface area (Å²) >= 11 is 0. The second kappa shape index (κ2) is 6.04. The van der Waals surface area contributed by atoms with Gasteiger partial charge in [-0.3, -0.25) is 4.90 Å². The topological polar surface area (TPSA) is 82.8 Å². The van der Waals surface area contributed by atoms with Crippen molar-refractivity contribution >= 4 is 10.0 Å². The zero-order chi connectivity index (χ0) is 13.9. The van der Waals surface area contributed by atoms with Gasteiger partial charge < -0.3 is 9.52 Å². The van der Waals surface area contributed by atoms with E-state index in [-0.39, 0.29) is 23.5 Å². The number of hydrogen-bond donors (Lipinski definition) is 2. The summed E-state index contributed by atoms with van der Waals surface area (Å²) in [5.41, 5.74) is 0. The summed E-state index contributed by atoms with van der Waals surface area (Å²) in [7, 11) is -3.63. The van der Waals surface area contributed by atoms with Gasteiger partial charge in [0.1, 0.15) is 12.4 Å². The molecule has 0 radical (unpaired) electrons. The number of hydrogen-bond acceptors (Lipinski definition) is 5. The van der Waals surface area contributed by atoms with Gasteiger partial charge in [-0.1, -0.05) is 0 Å². The Balaban J connectivity index is 1.93. The monoisotopic (exact) mass is 288 g/mol. The van der Waals surface area contributed by atoms with Gasteiger partial charge in [0, 0.05) is 12.6 Å². The highest BCUT2D eigenvalue weighted by molar-refractivity contribution is 7.89. The number of rotatable bonds is 6. The van der Waals surface area contributed by atoms with Crippen molar-refractivity contribution in [3.8, 4) is 0 Å². The van der Waals surface area contributed by atoms with E-state index in [1.165, 1.54) is 25.0 Å². The van der Waals surface area contributed by atoms with E-state index in [2.05, 4.69) is 9.62 Å². The number of aliphatic hydroxyl groups excluding tert-OH is 1. The average molecular weight is 288 g/mol. The Hall–Kier alpha value is -0.890. The van der Waals surface area contributed by atoms with Crippen LogP contribution in [0, 0.1) is 0 Å². The molecule has 2 rings (SSSR count). The van der Waals surface area contributed by atoms with Crippen LogP contribution in [0.15, 0.2) is 21.6 Å². The minimum Gasteiger partial charge on any atom is -0.446 e. The fraction of sp³-hybridized carbons (Fsp3) is 0.667. The molecule has 0 saturated carbocycles. The van der Waals surface area contributed by atoms with Crippen molar-refractivity contribution < 1.29 is 17.9 Å². The van der Waals surface area contributed by atoms with E-state index in [0.29, 0.717) is 6.54 Å². The van der Waals surface area contributed by atoms with Gasteiger partial charge in [-0.25, -0.2) is 13.1 Å². The molecule has 1 aliphatic rings. The summed E-state index contributed by atoms with van der Waals surface area (Å²) in [6, 6.07) is 2.98. The molecular weight excluding hydrogens is 268 g/mol. The molecule has 6 nitrogen and oxygen atoms in total. The smallest absolute Gasteiger partial charge is 0.274 e. The van der Waals surface area contributed by atoms with Gasteiger partial charge in [-0.15, -0.1) is 0 Å². The predicted molar refractivity (Wildman–Crippen MR) is 70.1 cm³/mol. The zero-order valence-corrected chi connectivity index (χ0v) is 11.8. The molecule has 1 unspecified atom stereocenters. The van der Waals surface area contributed by atoms with Gasteiger partial charge >= 0.3 is 0 Å². The normalized spacial score (nSPS) is 18.8. The van der Waals surface area contributed by atoms with Gasteiger partial charge in [-0.2, -0.15) is 0 Å². The molecule has 108 valence electrons. The van der Waals surface area contributed by atoms with Gasteiger partial charge in [0.15, 0.2) is 0 Å². The molecule has 1 atom stereocenters. The highest BCUT2D eigenvalue weighted by Gasteiger charge is 2.22. The molecule has 0 amide bonds. The Morgan fingerprint density at radius 3 is 2.68 bits per heavy atom. The summed E-state index contributed by atoms with van der Waals surface area (Å²) in [6.45, 7) is 4.11. The van der Waals surface area contributed by atoms with Crippen LogP contribution in [0.2, 0.25) is 0 Å². The maximum Gasteiger partial charge on any atom is 0.274 e. The van der Waals surface area contributed by atoms with Crippen LogP contribution in [0.25, 0.3) is 0 Å². The van der Waals surface area contributed by atoms with Gasteiger partial charge in [0.2, 0.25) is 5.09 Å². The zero-order valence-electron chi connectivity index (χ0n) is 11.0. The summed E-state index contributed by atoms with van der Waals surface area (Å²) < 4.78 is 31.5. The second-order valence-electron chi connectivity index (χ2n) is 4.82. The first-order chi connectivity index (χ1) is 9.03. The molecule has 0 bridgehead atoms. The molecule has 1 aliphatic heterocycles. The summed E-state index contributed by atoms with van der Waals surface area (Å²) in [5.74, 6) is 0.243. The Kier molecular flexibility index (Phi) is 4.62. The van der Waals surface area contributed by atoms with Crippen LogP contribution in [-0.4, -0.2) is 44.1 Å². The number of likely N-dealkylation sites (tertiary alicyclic amines) is 1. The lowest BCUT2D eigenvalue weighted by Crippen LogP contribution is -2.40. The van der Waals surface area contributed by atoms with Gasteiger partial charge in [-0.05, 0) is 45.0 Å². The van der Waals surface area contributed by atoms with Crippen molar-refractivity contribution in [2.75, 3.05) is 19.6 Å². The van der Waals surface area contributed by atoms with Crippen LogP contribution in [-0.2, 0) is 16.6 Å². The maximum atomic E-state index is 12.0. The first-order valence-electron chi connectivity index (χ1n) is 6.46. The molecule has 1 aromatic heterocycles. The Morgan fingerprint density at radius 1 is 1.42 bits per heavy atom. The minimum atomic E-state index is -3.63. The molecule has 2 heterocycles. The molecule has 0 spiro atoms. The van der Waals surface area contributed by atoms with Crippen molar-refractivity contribution in [1.82, 2.24) is 9.62 Å². The fourth-order valence-electron chi connectivity index (χ4n) is 2.20. The van der Waals surface area contributed by atoms with Crippen LogP contribution in [0.5, 0.6) is 0 Å². The Morgan fingerprint density at radius 2 is 2.11 bits per heavy atom. The third-order valence-electron chi connectivity index (χ3n) is 3.39. The molecule has 7 heteroatoms. The molecule has 2 N–H and O–H groups in total. The van der Waals surface area contributed by atoms with E-state index in [9.17, 15) is 8.42 Å². The SMILES string of the molecule is CC(CNS(=O)(=O)c1ccc(CO)o1)N1CCCC1. The van der Waals surface area contributed by atoms with E-state index in [4.69, 9.17) is 9.52 Å². The third-order valence-corrected chi connectivity index (χ3v) is 4.69. The van der Waals surface area contributed by atoms with Gasteiger partial charge in [0.05, 0.1) is 0 Å². The summed E-state index contributed by atoms with van der Waals surface area (Å²) in [6.07, 6.45) is 2.35. The molecule has 1 saturated heterocycles. The number of nitrogens with one attached hydrogen (secondary N) is 1. The first-order valence-corrected chi connectivity index (χ1v) is 7.94. The third kappa shape index (κ3) is 3.56. The Labute approximate surface area is 113 Å². The fourth-order valence-corrected chi connectivity index (χ4v) is 3.27. The number of aliphatic hydroxyl groups is 1. The van der Waals surface area contributed by atoms with Crippen LogP contribution < -0.4 is 4.72 Å². The highest BCUT2D eigenvalue weighted by Crippen LogP contribution is 2.15. The molecular formula is C12H20N2O4S. The van der Waals surface area contributed by atoms with E-state index in [0.717, 1.165) is 13.1 Å². The van der Waals surface area contributed by atoms with E-state index >= 15 is 0 Å². The molecule has 19 heavy (non-hydrogen) atoms. The standard InChI is InChI=1S/C12H20N2O4S/c1-10(14-6-2-3-7-14)8-13-19(16,17)12-5-4-11(9-15)18-12/h4-5,10,13,15H,2-3,6-9H2,1H3. The van der Waals surface area contributed by atoms with E-state index in [1.807, 2.05) is 6.92 Å². The lowest BCUT2D eigenvalue weighted by molar-refractivity contribution is 0.235. The quantitative estimate of drug-likeness (QED) is 0.798.